The highest BCUT2D eigenvalue weighted by Crippen LogP contribution is 2.22. The van der Waals surface area contributed by atoms with E-state index in [1.54, 1.807) is 6.92 Å². The van der Waals surface area contributed by atoms with Crippen molar-refractivity contribution in [3.8, 4) is 0 Å². The zero-order valence-corrected chi connectivity index (χ0v) is 23.0. The highest BCUT2D eigenvalue weighted by Gasteiger charge is 2.35. The molecule has 1 aliphatic rings. The highest BCUT2D eigenvalue weighted by atomic mass is 16.5. The molecule has 0 saturated carbocycles. The van der Waals surface area contributed by atoms with Crippen LogP contribution in [0.2, 0.25) is 0 Å². The van der Waals surface area contributed by atoms with Crippen LogP contribution in [-0.2, 0) is 30.3 Å². The smallest absolute Gasteiger partial charge is 0.329 e. The highest BCUT2D eigenvalue weighted by molar-refractivity contribution is 5.94. The van der Waals surface area contributed by atoms with Gasteiger partial charge in [0.2, 0.25) is 17.7 Å². The van der Waals surface area contributed by atoms with Gasteiger partial charge in [0.1, 0.15) is 24.2 Å². The number of esters is 1. The number of ether oxygens (including phenoxy) is 1. The molecule has 37 heavy (non-hydrogen) atoms. The van der Waals surface area contributed by atoms with Gasteiger partial charge in [0.05, 0.1) is 6.42 Å². The Morgan fingerprint density at radius 3 is 2.24 bits per heavy atom. The van der Waals surface area contributed by atoms with E-state index in [4.69, 9.17) is 4.74 Å². The summed E-state index contributed by atoms with van der Waals surface area (Å²) in [6, 6.07) is 6.77. The van der Waals surface area contributed by atoms with Gasteiger partial charge >= 0.3 is 5.97 Å². The Kier molecular flexibility index (Phi) is 12.6. The number of cyclic esters (lactones) is 1. The standard InChI is InChI=1S/C29H45N3O5/c1-6-8-9-11-14-20(4)24-18-25(33)31-23(17-22-15-12-10-13-16-22)28(35)30-21(5)27(34)32-26(19(3)7-2)29(36)37-24/h10,12-13,15-16,19-21,23-24,26H,6-9,11,14,17-18H2,1-5H3,(H,30,35)(H,31,33)(H,32,34)/t19-,20?,21-,23-,24?,26+/m0/s1. The maximum atomic E-state index is 13.3. The van der Waals surface area contributed by atoms with Gasteiger partial charge in [-0.2, -0.15) is 0 Å². The number of hydrogen-bond donors (Lipinski definition) is 3. The maximum Gasteiger partial charge on any atom is 0.329 e. The van der Waals surface area contributed by atoms with Crippen LogP contribution in [0.25, 0.3) is 0 Å². The van der Waals surface area contributed by atoms with E-state index in [1.165, 1.54) is 0 Å². The van der Waals surface area contributed by atoms with Crippen molar-refractivity contribution >= 4 is 23.7 Å². The summed E-state index contributed by atoms with van der Waals surface area (Å²) in [5.41, 5.74) is 0.883. The normalized spacial score (nSPS) is 25.3. The lowest BCUT2D eigenvalue weighted by molar-refractivity contribution is -0.158. The lowest BCUT2D eigenvalue weighted by Crippen LogP contribution is -2.55. The summed E-state index contributed by atoms with van der Waals surface area (Å²) in [5.74, 6) is -2.05. The van der Waals surface area contributed by atoms with Gasteiger partial charge in [-0.3, -0.25) is 14.4 Å². The van der Waals surface area contributed by atoms with Gasteiger partial charge in [-0.25, -0.2) is 4.79 Å². The molecule has 3 N–H and O–H groups in total. The molecule has 0 bridgehead atoms. The number of hydrogen-bond acceptors (Lipinski definition) is 5. The molecule has 2 rings (SSSR count). The predicted molar refractivity (Wildman–Crippen MR) is 143 cm³/mol. The Bertz CT molecular complexity index is 891. The Morgan fingerprint density at radius 1 is 0.892 bits per heavy atom. The zero-order valence-electron chi connectivity index (χ0n) is 23.0. The maximum absolute atomic E-state index is 13.3. The van der Waals surface area contributed by atoms with E-state index in [0.29, 0.717) is 6.42 Å². The number of benzene rings is 1. The number of carbonyl (C=O) groups is 4. The predicted octanol–water partition coefficient (Wildman–Crippen LogP) is 3.67. The first-order valence-electron chi connectivity index (χ1n) is 13.8. The Balaban J connectivity index is 2.33. The van der Waals surface area contributed by atoms with Crippen molar-refractivity contribution in [1.29, 1.82) is 0 Å². The first kappa shape index (κ1) is 30.3. The van der Waals surface area contributed by atoms with E-state index in [1.807, 2.05) is 51.1 Å². The van der Waals surface area contributed by atoms with Gasteiger partial charge in [0.15, 0.2) is 0 Å². The summed E-state index contributed by atoms with van der Waals surface area (Å²) in [6.45, 7) is 9.51. The fraction of sp³-hybridized carbons (Fsp3) is 0.655. The fourth-order valence-electron chi connectivity index (χ4n) is 4.48. The Morgan fingerprint density at radius 2 is 1.59 bits per heavy atom. The van der Waals surface area contributed by atoms with Crippen molar-refractivity contribution in [3.63, 3.8) is 0 Å². The third kappa shape index (κ3) is 9.82. The van der Waals surface area contributed by atoms with E-state index < -0.39 is 42.0 Å². The van der Waals surface area contributed by atoms with Gasteiger partial charge < -0.3 is 20.7 Å². The molecule has 1 fully saturated rings. The minimum Gasteiger partial charge on any atom is -0.460 e. The minimum atomic E-state index is -0.893. The molecule has 1 saturated heterocycles. The third-order valence-electron chi connectivity index (χ3n) is 7.25. The van der Waals surface area contributed by atoms with Gasteiger partial charge in [0.25, 0.3) is 0 Å². The van der Waals surface area contributed by atoms with Crippen molar-refractivity contribution in [1.82, 2.24) is 16.0 Å². The van der Waals surface area contributed by atoms with E-state index >= 15 is 0 Å². The quantitative estimate of drug-likeness (QED) is 0.325. The molecule has 2 unspecified atom stereocenters. The average molecular weight is 516 g/mol. The summed E-state index contributed by atoms with van der Waals surface area (Å²) in [6.07, 6.45) is 5.35. The average Bonchev–Trinajstić information content (AvgIpc) is 2.88. The second-order valence-corrected chi connectivity index (χ2v) is 10.4. The number of amides is 3. The molecular weight excluding hydrogens is 470 g/mol. The van der Waals surface area contributed by atoms with Crippen LogP contribution < -0.4 is 16.0 Å². The monoisotopic (exact) mass is 515 g/mol. The zero-order chi connectivity index (χ0) is 27.4. The molecule has 1 aromatic rings. The van der Waals surface area contributed by atoms with Crippen molar-refractivity contribution in [2.45, 2.75) is 110 Å². The van der Waals surface area contributed by atoms with Crippen LogP contribution >= 0.6 is 0 Å². The summed E-state index contributed by atoms with van der Waals surface area (Å²) in [7, 11) is 0. The Hall–Kier alpha value is -2.90. The van der Waals surface area contributed by atoms with Crippen molar-refractivity contribution in [2.75, 3.05) is 0 Å². The van der Waals surface area contributed by atoms with E-state index in [9.17, 15) is 19.2 Å². The van der Waals surface area contributed by atoms with E-state index in [-0.39, 0.29) is 30.6 Å². The lowest BCUT2D eigenvalue weighted by Gasteiger charge is -2.29. The molecule has 6 atom stereocenters. The molecule has 3 amide bonds. The van der Waals surface area contributed by atoms with Crippen molar-refractivity contribution in [2.24, 2.45) is 11.8 Å². The first-order valence-corrected chi connectivity index (χ1v) is 13.8. The molecule has 1 aliphatic heterocycles. The topological polar surface area (TPSA) is 114 Å². The van der Waals surface area contributed by atoms with Crippen LogP contribution in [0.5, 0.6) is 0 Å². The Labute approximate surface area is 221 Å². The second-order valence-electron chi connectivity index (χ2n) is 10.4. The summed E-state index contributed by atoms with van der Waals surface area (Å²) in [5, 5.41) is 8.33. The molecule has 8 nitrogen and oxygen atoms in total. The van der Waals surface area contributed by atoms with E-state index in [0.717, 1.165) is 37.7 Å². The van der Waals surface area contributed by atoms with Crippen LogP contribution in [0.15, 0.2) is 30.3 Å². The number of carbonyl (C=O) groups excluding carboxylic acids is 4. The van der Waals surface area contributed by atoms with Crippen LogP contribution in [0, 0.1) is 11.8 Å². The molecule has 206 valence electrons. The van der Waals surface area contributed by atoms with Crippen LogP contribution in [0.4, 0.5) is 0 Å². The van der Waals surface area contributed by atoms with Crippen LogP contribution in [0.3, 0.4) is 0 Å². The van der Waals surface area contributed by atoms with Crippen LogP contribution in [-0.4, -0.2) is 47.9 Å². The van der Waals surface area contributed by atoms with Gasteiger partial charge in [-0.05, 0) is 30.7 Å². The van der Waals surface area contributed by atoms with Crippen LogP contribution in [0.1, 0.15) is 85.1 Å². The molecular formula is C29H45N3O5. The molecule has 0 aliphatic carbocycles. The van der Waals surface area contributed by atoms with E-state index in [2.05, 4.69) is 22.9 Å². The third-order valence-corrected chi connectivity index (χ3v) is 7.25. The summed E-state index contributed by atoms with van der Waals surface area (Å²) < 4.78 is 5.93. The number of nitrogens with one attached hydrogen (secondary N) is 3. The number of rotatable bonds is 10. The fourth-order valence-corrected chi connectivity index (χ4v) is 4.48. The number of unbranched alkanes of at least 4 members (excludes halogenated alkanes) is 3. The molecule has 0 aromatic heterocycles. The van der Waals surface area contributed by atoms with Gasteiger partial charge in [-0.15, -0.1) is 0 Å². The largest absolute Gasteiger partial charge is 0.460 e. The molecule has 8 heteroatoms. The SMILES string of the molecule is CCCCCCC(C)C1CC(=O)N[C@@H](Cc2ccccc2)C(=O)N[C@@H](C)C(=O)N[C@H]([C@@H](C)CC)C(=O)O1. The minimum absolute atomic E-state index is 0.0457. The molecule has 1 heterocycles. The van der Waals surface area contributed by atoms with Gasteiger partial charge in [-0.1, -0.05) is 90.1 Å². The summed E-state index contributed by atoms with van der Waals surface area (Å²) in [4.78, 5) is 52.6. The van der Waals surface area contributed by atoms with Crippen molar-refractivity contribution < 1.29 is 23.9 Å². The lowest BCUT2D eigenvalue weighted by atomic mass is 9.93. The molecule has 1 aromatic carbocycles. The molecule has 0 spiro atoms. The summed E-state index contributed by atoms with van der Waals surface area (Å²) >= 11 is 0. The van der Waals surface area contributed by atoms with Crippen molar-refractivity contribution in [3.05, 3.63) is 35.9 Å². The van der Waals surface area contributed by atoms with Gasteiger partial charge in [0, 0.05) is 6.42 Å². The molecule has 0 radical (unpaired) electrons. The second kappa shape index (κ2) is 15.4. The first-order chi connectivity index (χ1) is 17.7.